The summed E-state index contributed by atoms with van der Waals surface area (Å²) in [5.41, 5.74) is 0. The van der Waals surface area contributed by atoms with Gasteiger partial charge in [0.15, 0.2) is 53.3 Å². The fraction of sp³-hybridized carbons (Fsp3) is 0. The smallest absolute Gasteiger partial charge is 0.547 e. The summed E-state index contributed by atoms with van der Waals surface area (Å²) in [6.45, 7) is 0. The van der Waals surface area contributed by atoms with Gasteiger partial charge >= 0.3 is 37.7 Å². The van der Waals surface area contributed by atoms with Crippen LogP contribution in [0.3, 0.4) is 0 Å². The molecule has 0 saturated heterocycles. The molecule has 0 saturated carbocycles. The van der Waals surface area contributed by atoms with Crippen LogP contribution >= 0.6 is 0 Å². The van der Waals surface area contributed by atoms with Crippen LogP contribution in [-0.2, 0) is 9.59 Å². The molecule has 19 heavy (non-hydrogen) atoms. The van der Waals surface area contributed by atoms with Gasteiger partial charge in [0.05, 0.1) is 0 Å². The molecule has 2 aliphatic heterocycles. The van der Waals surface area contributed by atoms with Crippen LogP contribution in [0.1, 0.15) is 0 Å². The van der Waals surface area contributed by atoms with Crippen LogP contribution in [0.2, 0.25) is 0 Å². The number of hydrogen-bond donors (Lipinski definition) is 0. The molecule has 0 fully saturated rings. The summed E-state index contributed by atoms with van der Waals surface area (Å²) >= 11 is 0.560. The minimum atomic E-state index is -0.984. The Morgan fingerprint density at radius 3 is 1.37 bits per heavy atom. The summed E-state index contributed by atoms with van der Waals surface area (Å²) in [6.07, 6.45) is 6.89. The van der Waals surface area contributed by atoms with Gasteiger partial charge in [0.25, 0.3) is 0 Å². The molecule has 84 valence electrons. The summed E-state index contributed by atoms with van der Waals surface area (Å²) in [7, 11) is 0. The topological polar surface area (TPSA) is 80.3 Å². The van der Waals surface area contributed by atoms with Gasteiger partial charge in [0, 0.05) is 11.9 Å². The maximum Gasteiger partial charge on any atom is 2.00 e. The van der Waals surface area contributed by atoms with E-state index in [0.29, 0.717) is 8.87 Å². The molecule has 0 bridgehead atoms. The van der Waals surface area contributed by atoms with E-state index in [0.717, 1.165) is 0 Å². The van der Waals surface area contributed by atoms with Crippen molar-refractivity contribution < 1.29 is 19.8 Å². The molecule has 0 spiro atoms. The van der Waals surface area contributed by atoms with Crippen LogP contribution in [0, 0.1) is 0 Å². The molecular formula is C10H6Al4CaO4. The molecule has 0 N–H and O–H groups in total. The molecule has 4 radical (unpaired) electrons. The fourth-order valence-corrected chi connectivity index (χ4v) is 7.14. The van der Waals surface area contributed by atoms with E-state index in [2.05, 4.69) is 9.88 Å². The van der Waals surface area contributed by atoms with Gasteiger partial charge < -0.3 is 19.8 Å². The van der Waals surface area contributed by atoms with Crippen LogP contribution in [0.15, 0.2) is 43.1 Å². The van der Waals surface area contributed by atoms with Gasteiger partial charge in [-0.15, -0.1) is 8.87 Å². The zero-order chi connectivity index (χ0) is 13.4. The quantitative estimate of drug-likeness (QED) is 0.491. The predicted molar refractivity (Wildman–Crippen MR) is 73.2 cm³/mol. The Kier molecular flexibility index (Phi) is 12.7. The average molecular weight is 338 g/mol. The van der Waals surface area contributed by atoms with Crippen molar-refractivity contribution in [2.24, 2.45) is 0 Å². The van der Waals surface area contributed by atoms with Crippen molar-refractivity contribution in [2.45, 2.75) is 0 Å². The first-order chi connectivity index (χ1) is 8.61. The molecule has 4 nitrogen and oxygen atoms in total. The number of allylic oxidation sites excluding steroid dienone is 4. The second-order valence-electron chi connectivity index (χ2n) is 3.31. The van der Waals surface area contributed by atoms with Gasteiger partial charge in [0.2, 0.25) is 0 Å². The summed E-state index contributed by atoms with van der Waals surface area (Å²) in [4.78, 5) is 24.5. The first-order valence-electron chi connectivity index (χ1n) is 5.14. The van der Waals surface area contributed by atoms with Crippen LogP contribution in [0.25, 0.3) is 0 Å². The number of carbonyl (C=O) groups excluding carboxylic acids is 2. The Labute approximate surface area is 163 Å². The van der Waals surface area contributed by atoms with Gasteiger partial charge in [-0.05, 0) is 0 Å². The maximum atomic E-state index is 10.2. The minimum Gasteiger partial charge on any atom is -0.547 e. The first kappa shape index (κ1) is 20.3. The van der Waals surface area contributed by atoms with Crippen molar-refractivity contribution in [2.75, 3.05) is 0 Å². The maximum absolute atomic E-state index is 10.2. The zero-order valence-corrected chi connectivity index (χ0v) is 16.9. The molecule has 0 unspecified atom stereocenters. The van der Waals surface area contributed by atoms with Gasteiger partial charge in [-0.2, -0.15) is 9.88 Å². The standard InChI is InChI=1S/2C5H4O2.4Al.Ca/c2*1-2-3-4-5(6)7;;;;;/h2*1-3H,(H,6,7);;;;;/q;;;;;;+2/p-2. The van der Waals surface area contributed by atoms with E-state index in [4.69, 9.17) is 0 Å². The minimum absolute atomic E-state index is 0. The third-order valence-electron chi connectivity index (χ3n) is 2.02. The number of carboxylic acids is 2. The van der Waals surface area contributed by atoms with E-state index in [1.807, 2.05) is 0 Å². The van der Waals surface area contributed by atoms with Crippen LogP contribution in [-0.4, -0.2) is 103 Å². The molecule has 0 aromatic rings. The summed E-state index contributed by atoms with van der Waals surface area (Å²) in [5, 5.41) is 20.4. The summed E-state index contributed by atoms with van der Waals surface area (Å²) in [5.74, 6) is -1.97. The van der Waals surface area contributed by atoms with Crippen molar-refractivity contribution in [1.29, 1.82) is 0 Å². The Bertz CT molecular complexity index is 414. The van der Waals surface area contributed by atoms with E-state index in [9.17, 15) is 19.8 Å². The van der Waals surface area contributed by atoms with E-state index >= 15 is 0 Å². The first-order valence-corrected chi connectivity index (χ1v) is 13.0. The van der Waals surface area contributed by atoms with Crippen LogP contribution < -0.4 is 10.2 Å². The van der Waals surface area contributed by atoms with Crippen LogP contribution in [0.5, 0.6) is 0 Å². The van der Waals surface area contributed by atoms with Gasteiger partial charge in [0.1, 0.15) is 0 Å². The van der Waals surface area contributed by atoms with Crippen molar-refractivity contribution in [1.82, 2.24) is 0 Å². The summed E-state index contributed by atoms with van der Waals surface area (Å²) < 4.78 is 1.04. The molecule has 0 aliphatic carbocycles. The Balaban J connectivity index is 0.000000324. The number of carbonyl (C=O) groups is 2. The second-order valence-corrected chi connectivity index (χ2v) is 11.1. The van der Waals surface area contributed by atoms with Crippen LogP contribution in [0.4, 0.5) is 0 Å². The summed E-state index contributed by atoms with van der Waals surface area (Å²) in [6, 6.07) is 0. The molecule has 2 aliphatic rings. The number of aliphatic carboxylic acids is 2. The van der Waals surface area contributed by atoms with E-state index < -0.39 is 11.9 Å². The van der Waals surface area contributed by atoms with Gasteiger partial charge in [-0.3, -0.25) is 0 Å². The molecule has 2 rings (SSSR count). The monoisotopic (exact) mass is 338 g/mol. The molecule has 0 amide bonds. The van der Waals surface area contributed by atoms with E-state index in [1.54, 1.807) is 24.3 Å². The molecule has 0 atom stereocenters. The molecule has 0 aromatic heterocycles. The van der Waals surface area contributed by atoms with Crippen molar-refractivity contribution in [3.05, 3.63) is 43.1 Å². The van der Waals surface area contributed by atoms with Gasteiger partial charge in [-0.25, -0.2) is 0 Å². The van der Waals surface area contributed by atoms with Crippen molar-refractivity contribution in [3.63, 3.8) is 0 Å². The molecule has 2 heterocycles. The average Bonchev–Trinajstić information content (AvgIpc) is 2.41. The molecular weight excluding hydrogens is 332 g/mol. The Hall–Kier alpha value is 1.29. The number of carboxylic acid groups (broad SMARTS) is 2. The third kappa shape index (κ3) is 9.02. The predicted octanol–water partition coefficient (Wildman–Crippen LogP) is -3.44. The normalized spacial score (nSPS) is 14.5. The Morgan fingerprint density at radius 2 is 1.21 bits per heavy atom. The number of rotatable bonds is 2. The third-order valence-corrected chi connectivity index (χ3v) is 9.51. The van der Waals surface area contributed by atoms with Crippen molar-refractivity contribution in [3.8, 4) is 0 Å². The molecule has 9 heteroatoms. The SMILES string of the molecule is O=C([O-])[C]1=CC=[CH][Al][Al]1.O=C([O-])[C]1=CC=[CH][Al][Al]1.[Ca+2]. The fourth-order valence-electron chi connectivity index (χ4n) is 1.15. The van der Waals surface area contributed by atoms with E-state index in [1.165, 1.54) is 0 Å². The van der Waals surface area contributed by atoms with E-state index in [-0.39, 0.29) is 91.0 Å². The molecule has 0 aromatic carbocycles. The Morgan fingerprint density at radius 1 is 0.842 bits per heavy atom. The van der Waals surface area contributed by atoms with Crippen molar-refractivity contribution >= 4 is 103 Å². The number of hydrogen-bond acceptors (Lipinski definition) is 4. The van der Waals surface area contributed by atoms with Gasteiger partial charge in [-0.1, -0.05) is 24.3 Å². The largest absolute Gasteiger partial charge is 2.00 e. The second kappa shape index (κ2) is 11.9. The zero-order valence-electron chi connectivity index (χ0n) is 10.1.